The van der Waals surface area contributed by atoms with Crippen molar-refractivity contribution in [1.29, 1.82) is 0 Å². The van der Waals surface area contributed by atoms with Gasteiger partial charge in [-0.25, -0.2) is 0 Å². The van der Waals surface area contributed by atoms with Crippen molar-refractivity contribution in [3.05, 3.63) is 108 Å². The number of piperazine rings is 1. The Morgan fingerprint density at radius 1 is 0.714 bits per heavy atom. The number of nitrogens with one attached hydrogen (secondary N) is 2. The second-order valence-electron chi connectivity index (χ2n) is 9.06. The molecule has 2 heterocycles. The van der Waals surface area contributed by atoms with Crippen LogP contribution in [-0.4, -0.2) is 32.1 Å². The number of fused-ring (bicyclic) bond motifs is 2. The predicted octanol–water partition coefficient (Wildman–Crippen LogP) is 5.67. The van der Waals surface area contributed by atoms with Gasteiger partial charge in [-0.2, -0.15) is 0 Å². The number of para-hydroxylation sites is 2. The van der Waals surface area contributed by atoms with Crippen LogP contribution in [0.1, 0.15) is 15.9 Å². The second kappa shape index (κ2) is 9.28. The zero-order valence-electron chi connectivity index (χ0n) is 19.6. The highest BCUT2D eigenvalue weighted by molar-refractivity contribution is 6.14. The minimum Gasteiger partial charge on any atom is -0.369 e. The van der Waals surface area contributed by atoms with Gasteiger partial charge in [-0.3, -0.25) is 4.79 Å². The number of benzene rings is 4. The molecule has 0 bridgehead atoms. The van der Waals surface area contributed by atoms with Crippen LogP contribution >= 0.6 is 0 Å². The summed E-state index contributed by atoms with van der Waals surface area (Å²) in [6.07, 6.45) is 0. The molecule has 1 saturated heterocycles. The highest BCUT2D eigenvalue weighted by atomic mass is 16.2. The molecule has 0 unspecified atom stereocenters. The fraction of sp³-hybridized carbons (Fsp3) is 0.167. The fourth-order valence-corrected chi connectivity index (χ4v) is 4.94. The van der Waals surface area contributed by atoms with Crippen LogP contribution in [0.15, 0.2) is 97.1 Å². The first-order chi connectivity index (χ1) is 17.3. The van der Waals surface area contributed by atoms with E-state index in [1.54, 1.807) is 0 Å². The average molecular weight is 461 g/mol. The summed E-state index contributed by atoms with van der Waals surface area (Å²) in [5.74, 6) is 0.000546. The highest BCUT2D eigenvalue weighted by Crippen LogP contribution is 2.38. The van der Waals surface area contributed by atoms with E-state index in [-0.39, 0.29) is 5.91 Å². The number of rotatable bonds is 4. The predicted molar refractivity (Wildman–Crippen MR) is 144 cm³/mol. The van der Waals surface area contributed by atoms with Crippen LogP contribution in [0.25, 0.3) is 11.1 Å². The van der Waals surface area contributed by atoms with Gasteiger partial charge in [-0.1, -0.05) is 60.7 Å². The summed E-state index contributed by atoms with van der Waals surface area (Å²) >= 11 is 0. The Bertz CT molecular complexity index is 1340. The van der Waals surface area contributed by atoms with Gasteiger partial charge in [0.05, 0.1) is 29.2 Å². The zero-order valence-corrected chi connectivity index (χ0v) is 19.6. The average Bonchev–Trinajstić information content (AvgIpc) is 3.04. The van der Waals surface area contributed by atoms with Crippen LogP contribution in [0.4, 0.5) is 22.7 Å². The van der Waals surface area contributed by atoms with E-state index in [4.69, 9.17) is 0 Å². The first-order valence-electron chi connectivity index (χ1n) is 12.2. The van der Waals surface area contributed by atoms with Crippen molar-refractivity contribution in [2.75, 3.05) is 41.3 Å². The van der Waals surface area contributed by atoms with Crippen LogP contribution < -0.4 is 20.4 Å². The first kappa shape index (κ1) is 21.4. The first-order valence-corrected chi connectivity index (χ1v) is 12.2. The SMILES string of the molecule is O=C1c2cc(-c3ccc(N4CCNCC4)cc3)ccc2Nc2ccccc2N1Cc1ccccc1. The van der Waals surface area contributed by atoms with Crippen molar-refractivity contribution in [2.45, 2.75) is 6.54 Å². The number of hydrogen-bond donors (Lipinski definition) is 2. The van der Waals surface area contributed by atoms with Crippen LogP contribution in [0, 0.1) is 0 Å². The Morgan fingerprint density at radius 3 is 2.23 bits per heavy atom. The molecule has 1 fully saturated rings. The molecule has 6 rings (SSSR count). The van der Waals surface area contributed by atoms with Gasteiger partial charge in [-0.05, 0) is 53.1 Å². The minimum absolute atomic E-state index is 0.000546. The van der Waals surface area contributed by atoms with Gasteiger partial charge in [0.2, 0.25) is 0 Å². The van der Waals surface area contributed by atoms with Crippen molar-refractivity contribution in [3.8, 4) is 11.1 Å². The number of nitrogens with zero attached hydrogens (tertiary/aromatic N) is 2. The second-order valence-corrected chi connectivity index (χ2v) is 9.06. The largest absolute Gasteiger partial charge is 0.369 e. The molecule has 2 aliphatic heterocycles. The van der Waals surface area contributed by atoms with Crippen molar-refractivity contribution in [2.24, 2.45) is 0 Å². The number of anilines is 4. The van der Waals surface area contributed by atoms with E-state index < -0.39 is 0 Å². The molecule has 4 aromatic carbocycles. The van der Waals surface area contributed by atoms with E-state index in [1.165, 1.54) is 5.69 Å². The van der Waals surface area contributed by atoms with Gasteiger partial charge in [0.25, 0.3) is 5.91 Å². The lowest BCUT2D eigenvalue weighted by Crippen LogP contribution is -2.43. The summed E-state index contributed by atoms with van der Waals surface area (Å²) < 4.78 is 0. The maximum Gasteiger partial charge on any atom is 0.260 e. The van der Waals surface area contributed by atoms with Crippen LogP contribution in [0.5, 0.6) is 0 Å². The molecule has 35 heavy (non-hydrogen) atoms. The maximum absolute atomic E-state index is 13.9. The lowest BCUT2D eigenvalue weighted by molar-refractivity contribution is 0.0986. The molecule has 4 aromatic rings. The molecule has 0 spiro atoms. The third kappa shape index (κ3) is 4.27. The van der Waals surface area contributed by atoms with E-state index >= 15 is 0 Å². The molecular formula is C30H28N4O. The maximum atomic E-state index is 13.9. The normalized spacial score (nSPS) is 15.1. The number of carbonyl (C=O) groups excluding carboxylic acids is 1. The van der Waals surface area contributed by atoms with Crippen LogP contribution in [0.3, 0.4) is 0 Å². The summed E-state index contributed by atoms with van der Waals surface area (Å²) in [6, 6.07) is 33.0. The Hall–Kier alpha value is -4.09. The van der Waals surface area contributed by atoms with Crippen molar-refractivity contribution in [1.82, 2.24) is 5.32 Å². The zero-order chi connectivity index (χ0) is 23.6. The summed E-state index contributed by atoms with van der Waals surface area (Å²) in [5.41, 5.74) is 7.82. The molecule has 174 valence electrons. The quantitative estimate of drug-likeness (QED) is 0.412. The molecule has 0 radical (unpaired) electrons. The standard InChI is InChI=1S/C30H28N4O/c35-30-26-20-24(23-10-13-25(14-11-23)33-18-16-31-17-19-33)12-15-27(26)32-28-8-4-5-9-29(28)34(30)21-22-6-2-1-3-7-22/h1-15,20,31-32H,16-19,21H2. The minimum atomic E-state index is 0.000546. The molecule has 0 aliphatic carbocycles. The Kier molecular flexibility index (Phi) is 5.68. The van der Waals surface area contributed by atoms with E-state index in [2.05, 4.69) is 58.0 Å². The lowest BCUT2D eigenvalue weighted by Gasteiger charge is -2.29. The Balaban J connectivity index is 1.35. The van der Waals surface area contributed by atoms with Crippen molar-refractivity contribution in [3.63, 3.8) is 0 Å². The van der Waals surface area contributed by atoms with Gasteiger partial charge in [0.15, 0.2) is 0 Å². The number of amides is 1. The van der Waals surface area contributed by atoms with E-state index in [0.29, 0.717) is 12.1 Å². The van der Waals surface area contributed by atoms with Crippen molar-refractivity contribution >= 4 is 28.7 Å². The third-order valence-electron chi connectivity index (χ3n) is 6.83. The fourth-order valence-electron chi connectivity index (χ4n) is 4.94. The van der Waals surface area contributed by atoms with Crippen LogP contribution in [-0.2, 0) is 6.54 Å². The van der Waals surface area contributed by atoms with Gasteiger partial charge in [0, 0.05) is 31.9 Å². The van der Waals surface area contributed by atoms with Gasteiger partial charge >= 0.3 is 0 Å². The van der Waals surface area contributed by atoms with E-state index in [9.17, 15) is 4.79 Å². The highest BCUT2D eigenvalue weighted by Gasteiger charge is 2.27. The Labute approximate surface area is 206 Å². The van der Waals surface area contributed by atoms with Crippen LogP contribution in [0.2, 0.25) is 0 Å². The monoisotopic (exact) mass is 460 g/mol. The molecule has 2 aliphatic rings. The summed E-state index contributed by atoms with van der Waals surface area (Å²) in [5, 5.41) is 6.91. The smallest absolute Gasteiger partial charge is 0.260 e. The summed E-state index contributed by atoms with van der Waals surface area (Å²) in [6.45, 7) is 4.60. The third-order valence-corrected chi connectivity index (χ3v) is 6.83. The van der Waals surface area contributed by atoms with E-state index in [0.717, 1.165) is 59.9 Å². The van der Waals surface area contributed by atoms with Gasteiger partial charge in [0.1, 0.15) is 0 Å². The lowest BCUT2D eigenvalue weighted by atomic mass is 10.0. The molecule has 5 nitrogen and oxygen atoms in total. The number of hydrogen-bond acceptors (Lipinski definition) is 4. The molecule has 0 atom stereocenters. The Morgan fingerprint density at radius 2 is 1.43 bits per heavy atom. The van der Waals surface area contributed by atoms with E-state index in [1.807, 2.05) is 59.5 Å². The molecule has 0 saturated carbocycles. The summed E-state index contributed by atoms with van der Waals surface area (Å²) in [7, 11) is 0. The molecule has 1 amide bonds. The number of carbonyl (C=O) groups is 1. The molecule has 2 N–H and O–H groups in total. The molecule has 5 heteroatoms. The van der Waals surface area contributed by atoms with Crippen molar-refractivity contribution < 1.29 is 4.79 Å². The molecule has 0 aromatic heterocycles. The topological polar surface area (TPSA) is 47.6 Å². The van der Waals surface area contributed by atoms with Gasteiger partial charge in [-0.15, -0.1) is 0 Å². The summed E-state index contributed by atoms with van der Waals surface area (Å²) in [4.78, 5) is 18.2. The van der Waals surface area contributed by atoms with Gasteiger partial charge < -0.3 is 20.4 Å². The molecular weight excluding hydrogens is 432 g/mol.